The highest BCUT2D eigenvalue weighted by molar-refractivity contribution is 6.30. The molecule has 0 radical (unpaired) electrons. The van der Waals surface area contributed by atoms with Crippen molar-refractivity contribution in [1.82, 2.24) is 0 Å². The molecule has 0 aliphatic rings. The highest BCUT2D eigenvalue weighted by atomic mass is 35.5. The van der Waals surface area contributed by atoms with Gasteiger partial charge in [0.05, 0.1) is 23.4 Å². The van der Waals surface area contributed by atoms with Crippen LogP contribution in [0, 0.1) is 5.82 Å². The van der Waals surface area contributed by atoms with Crippen LogP contribution >= 0.6 is 11.6 Å². The Morgan fingerprint density at radius 3 is 2.75 bits per heavy atom. The number of methoxy groups -OCH3 is 1. The predicted octanol–water partition coefficient (Wildman–Crippen LogP) is 3.32. The molecule has 0 saturated heterocycles. The molecule has 0 aromatic heterocycles. The van der Waals surface area contributed by atoms with Crippen LogP contribution < -0.4 is 15.8 Å². The highest BCUT2D eigenvalue weighted by Gasteiger charge is 2.15. The molecular formula is C14H12ClFN2O2. The average Bonchev–Trinajstić information content (AvgIpc) is 2.42. The molecule has 2 aromatic rings. The number of nitrogens with one attached hydrogen (secondary N) is 1. The Kier molecular flexibility index (Phi) is 4.10. The van der Waals surface area contributed by atoms with Crippen LogP contribution in [0.25, 0.3) is 0 Å². The van der Waals surface area contributed by atoms with Gasteiger partial charge in [-0.1, -0.05) is 17.7 Å². The maximum atomic E-state index is 13.3. The summed E-state index contributed by atoms with van der Waals surface area (Å²) in [5, 5.41) is 2.55. The first-order valence-electron chi connectivity index (χ1n) is 5.72. The summed E-state index contributed by atoms with van der Waals surface area (Å²) >= 11 is 5.58. The Bertz CT molecular complexity index is 662. The minimum atomic E-state index is -0.607. The average molecular weight is 295 g/mol. The SMILES string of the molecule is COc1c(N)cccc1C(=O)Nc1ccc(Cl)c(F)c1. The number of carbonyl (C=O) groups excluding carboxylic acids is 1. The Hall–Kier alpha value is -2.27. The molecule has 20 heavy (non-hydrogen) atoms. The molecular weight excluding hydrogens is 283 g/mol. The van der Waals surface area contributed by atoms with Crippen molar-refractivity contribution in [3.05, 3.63) is 52.8 Å². The third-order valence-corrected chi connectivity index (χ3v) is 2.98. The molecule has 0 heterocycles. The highest BCUT2D eigenvalue weighted by Crippen LogP contribution is 2.27. The van der Waals surface area contributed by atoms with E-state index in [4.69, 9.17) is 22.1 Å². The lowest BCUT2D eigenvalue weighted by molar-refractivity contribution is 0.102. The molecule has 0 spiro atoms. The van der Waals surface area contributed by atoms with Crippen molar-refractivity contribution in [2.75, 3.05) is 18.2 Å². The van der Waals surface area contributed by atoms with E-state index in [-0.39, 0.29) is 16.3 Å². The zero-order valence-electron chi connectivity index (χ0n) is 10.6. The van der Waals surface area contributed by atoms with Crippen LogP contribution in [0.4, 0.5) is 15.8 Å². The topological polar surface area (TPSA) is 64.3 Å². The van der Waals surface area contributed by atoms with Gasteiger partial charge in [-0.3, -0.25) is 4.79 Å². The maximum Gasteiger partial charge on any atom is 0.259 e. The smallest absolute Gasteiger partial charge is 0.259 e. The lowest BCUT2D eigenvalue weighted by atomic mass is 10.1. The van der Waals surface area contributed by atoms with Gasteiger partial charge in [-0.05, 0) is 30.3 Å². The van der Waals surface area contributed by atoms with E-state index in [1.807, 2.05) is 0 Å². The van der Waals surface area contributed by atoms with E-state index in [1.165, 1.54) is 19.2 Å². The summed E-state index contributed by atoms with van der Waals surface area (Å²) in [5.41, 5.74) is 6.63. The lowest BCUT2D eigenvalue weighted by Crippen LogP contribution is -2.14. The minimum absolute atomic E-state index is 0.00969. The first kappa shape index (κ1) is 14.1. The number of halogens is 2. The number of carbonyl (C=O) groups is 1. The van der Waals surface area contributed by atoms with E-state index in [2.05, 4.69) is 5.32 Å². The van der Waals surface area contributed by atoms with Gasteiger partial charge in [0.2, 0.25) is 0 Å². The van der Waals surface area contributed by atoms with E-state index in [0.717, 1.165) is 6.07 Å². The second-order valence-electron chi connectivity index (χ2n) is 4.01. The molecule has 0 bridgehead atoms. The summed E-state index contributed by atoms with van der Waals surface area (Å²) in [5.74, 6) is -0.778. The van der Waals surface area contributed by atoms with Gasteiger partial charge >= 0.3 is 0 Å². The molecule has 0 atom stereocenters. The summed E-state index contributed by atoms with van der Waals surface area (Å²) in [6.07, 6.45) is 0. The van der Waals surface area contributed by atoms with Crippen LogP contribution in [-0.4, -0.2) is 13.0 Å². The molecule has 1 amide bonds. The number of nitrogens with two attached hydrogens (primary N) is 1. The molecule has 4 nitrogen and oxygen atoms in total. The van der Waals surface area contributed by atoms with Gasteiger partial charge in [-0.2, -0.15) is 0 Å². The second kappa shape index (κ2) is 5.79. The Morgan fingerprint density at radius 2 is 2.10 bits per heavy atom. The number of rotatable bonds is 3. The molecule has 0 saturated carbocycles. The fourth-order valence-corrected chi connectivity index (χ4v) is 1.85. The van der Waals surface area contributed by atoms with Crippen molar-refractivity contribution in [1.29, 1.82) is 0 Å². The van der Waals surface area contributed by atoms with Crippen molar-refractivity contribution in [2.45, 2.75) is 0 Å². The van der Waals surface area contributed by atoms with Crippen LogP contribution in [0.5, 0.6) is 5.75 Å². The zero-order valence-corrected chi connectivity index (χ0v) is 11.4. The van der Waals surface area contributed by atoms with Crippen molar-refractivity contribution in [3.63, 3.8) is 0 Å². The summed E-state index contributed by atoms with van der Waals surface area (Å²) < 4.78 is 18.4. The number of ether oxygens (including phenoxy) is 1. The fourth-order valence-electron chi connectivity index (χ4n) is 1.73. The number of hydrogen-bond acceptors (Lipinski definition) is 3. The minimum Gasteiger partial charge on any atom is -0.494 e. The Labute approximate surface area is 120 Å². The first-order valence-corrected chi connectivity index (χ1v) is 6.09. The van der Waals surface area contributed by atoms with Gasteiger partial charge < -0.3 is 15.8 Å². The summed E-state index contributed by atoms with van der Waals surface area (Å²) in [7, 11) is 1.42. The van der Waals surface area contributed by atoms with Crippen LogP contribution in [0.2, 0.25) is 5.02 Å². The molecule has 3 N–H and O–H groups in total. The van der Waals surface area contributed by atoms with Gasteiger partial charge in [0.25, 0.3) is 5.91 Å². The lowest BCUT2D eigenvalue weighted by Gasteiger charge is -2.11. The Morgan fingerprint density at radius 1 is 1.35 bits per heavy atom. The molecule has 6 heteroatoms. The van der Waals surface area contributed by atoms with Gasteiger partial charge in [-0.25, -0.2) is 4.39 Å². The predicted molar refractivity (Wildman–Crippen MR) is 76.8 cm³/mol. The molecule has 104 valence electrons. The number of amides is 1. The quantitative estimate of drug-likeness (QED) is 0.854. The standard InChI is InChI=1S/C14H12ClFN2O2/c1-20-13-9(3-2-4-12(13)17)14(19)18-8-5-6-10(15)11(16)7-8/h2-7H,17H2,1H3,(H,18,19). The number of hydrogen-bond donors (Lipinski definition) is 2. The summed E-state index contributed by atoms with van der Waals surface area (Å²) in [4.78, 5) is 12.1. The van der Waals surface area contributed by atoms with E-state index in [9.17, 15) is 9.18 Å². The van der Waals surface area contributed by atoms with Gasteiger partial charge in [0.15, 0.2) is 5.75 Å². The van der Waals surface area contributed by atoms with Crippen LogP contribution in [0.3, 0.4) is 0 Å². The second-order valence-corrected chi connectivity index (χ2v) is 4.42. The fraction of sp³-hybridized carbons (Fsp3) is 0.0714. The zero-order chi connectivity index (χ0) is 14.7. The summed E-state index contributed by atoms with van der Waals surface area (Å²) in [6, 6.07) is 8.83. The third-order valence-electron chi connectivity index (χ3n) is 2.67. The van der Waals surface area contributed by atoms with Crippen molar-refractivity contribution < 1.29 is 13.9 Å². The van der Waals surface area contributed by atoms with Crippen LogP contribution in [0.15, 0.2) is 36.4 Å². The largest absolute Gasteiger partial charge is 0.494 e. The molecule has 2 aromatic carbocycles. The van der Waals surface area contributed by atoms with Gasteiger partial charge in [-0.15, -0.1) is 0 Å². The van der Waals surface area contributed by atoms with E-state index in [0.29, 0.717) is 11.4 Å². The normalized spacial score (nSPS) is 10.2. The first-order chi connectivity index (χ1) is 9.52. The van der Waals surface area contributed by atoms with Crippen molar-refractivity contribution in [2.24, 2.45) is 0 Å². The van der Waals surface area contributed by atoms with E-state index < -0.39 is 11.7 Å². The Balaban J connectivity index is 2.28. The molecule has 0 aliphatic carbocycles. The molecule has 0 unspecified atom stereocenters. The van der Waals surface area contributed by atoms with Crippen LogP contribution in [-0.2, 0) is 0 Å². The number of benzene rings is 2. The van der Waals surface area contributed by atoms with E-state index >= 15 is 0 Å². The molecule has 2 rings (SSSR count). The molecule has 0 aliphatic heterocycles. The van der Waals surface area contributed by atoms with Gasteiger partial charge in [0, 0.05) is 5.69 Å². The van der Waals surface area contributed by atoms with Gasteiger partial charge in [0.1, 0.15) is 5.82 Å². The number of anilines is 2. The number of nitrogen functional groups attached to an aromatic ring is 1. The van der Waals surface area contributed by atoms with E-state index in [1.54, 1.807) is 18.2 Å². The third kappa shape index (κ3) is 2.83. The monoisotopic (exact) mass is 294 g/mol. The number of para-hydroxylation sites is 1. The van der Waals surface area contributed by atoms with Crippen molar-refractivity contribution >= 4 is 28.9 Å². The van der Waals surface area contributed by atoms with Crippen LogP contribution in [0.1, 0.15) is 10.4 Å². The maximum absolute atomic E-state index is 13.3. The van der Waals surface area contributed by atoms with Crippen molar-refractivity contribution in [3.8, 4) is 5.75 Å². The molecule has 0 fully saturated rings. The summed E-state index contributed by atoms with van der Waals surface area (Å²) in [6.45, 7) is 0.